The molecule has 1 rings (SSSR count). The van der Waals surface area contributed by atoms with E-state index in [0.717, 1.165) is 24.0 Å². The Morgan fingerprint density at radius 2 is 1.76 bits per heavy atom. The van der Waals surface area contributed by atoms with Crippen LogP contribution in [0.3, 0.4) is 0 Å². The maximum atomic E-state index is 12.7. The molecule has 1 aromatic carbocycles. The molecule has 21 heavy (non-hydrogen) atoms. The summed E-state index contributed by atoms with van der Waals surface area (Å²) in [4.78, 5) is 0.315. The number of nitrogen functional groups attached to an aromatic ring is 1. The summed E-state index contributed by atoms with van der Waals surface area (Å²) in [7, 11) is -1.95. The van der Waals surface area contributed by atoms with Crippen molar-refractivity contribution >= 4 is 15.7 Å². The van der Waals surface area contributed by atoms with Gasteiger partial charge in [-0.1, -0.05) is 6.07 Å². The minimum atomic E-state index is -3.54. The number of hydrogen-bond donors (Lipinski definition) is 2. The van der Waals surface area contributed by atoms with E-state index in [-0.39, 0.29) is 6.61 Å². The lowest BCUT2D eigenvalue weighted by Gasteiger charge is -2.21. The molecular formula is C15H26N2O3S. The van der Waals surface area contributed by atoms with E-state index < -0.39 is 10.0 Å². The molecule has 0 fully saturated rings. The van der Waals surface area contributed by atoms with Gasteiger partial charge in [0.15, 0.2) is 0 Å². The smallest absolute Gasteiger partial charge is 0.243 e. The number of aliphatic hydroxyl groups excluding tert-OH is 1. The highest BCUT2D eigenvalue weighted by Crippen LogP contribution is 2.29. The van der Waals surface area contributed by atoms with E-state index in [9.17, 15) is 8.42 Å². The van der Waals surface area contributed by atoms with Crippen LogP contribution in [-0.4, -0.2) is 38.0 Å². The van der Waals surface area contributed by atoms with E-state index in [4.69, 9.17) is 10.8 Å². The molecule has 0 aliphatic carbocycles. The predicted molar refractivity (Wildman–Crippen MR) is 85.8 cm³/mol. The zero-order valence-electron chi connectivity index (χ0n) is 13.3. The summed E-state index contributed by atoms with van der Waals surface area (Å²) < 4.78 is 26.8. The maximum Gasteiger partial charge on any atom is 0.243 e. The molecule has 0 amide bonds. The second kappa shape index (κ2) is 7.24. The molecule has 0 heterocycles. The standard InChI is InChI=1S/C15H26N2O3S/c1-11-10-12(2)15(13(3)14(11)16)21(19,20)17(4)8-6-5-7-9-18/h10,18H,5-9,16H2,1-4H3. The number of sulfonamides is 1. The predicted octanol–water partition coefficient (Wildman–Crippen LogP) is 1.98. The molecule has 0 saturated heterocycles. The number of nitrogens with zero attached hydrogens (tertiary/aromatic N) is 1. The molecule has 0 spiro atoms. The van der Waals surface area contributed by atoms with Crippen LogP contribution in [0.2, 0.25) is 0 Å². The van der Waals surface area contributed by atoms with E-state index in [1.165, 1.54) is 4.31 Å². The molecule has 1 aromatic rings. The molecule has 0 aliphatic rings. The average Bonchev–Trinajstić information content (AvgIpc) is 2.40. The first-order valence-electron chi connectivity index (χ1n) is 7.17. The van der Waals surface area contributed by atoms with Gasteiger partial charge in [0, 0.05) is 25.9 Å². The van der Waals surface area contributed by atoms with Gasteiger partial charge in [0.1, 0.15) is 0 Å². The van der Waals surface area contributed by atoms with Crippen LogP contribution in [0.25, 0.3) is 0 Å². The van der Waals surface area contributed by atoms with Gasteiger partial charge in [0.05, 0.1) is 4.90 Å². The summed E-state index contributed by atoms with van der Waals surface area (Å²) >= 11 is 0. The first-order chi connectivity index (χ1) is 9.73. The molecule has 0 aromatic heterocycles. The Kier molecular flexibility index (Phi) is 6.19. The van der Waals surface area contributed by atoms with Crippen molar-refractivity contribution < 1.29 is 13.5 Å². The third-order valence-electron chi connectivity index (χ3n) is 3.76. The summed E-state index contributed by atoms with van der Waals surface area (Å²) in [5.41, 5.74) is 8.75. The molecule has 3 N–H and O–H groups in total. The highest BCUT2D eigenvalue weighted by atomic mass is 32.2. The zero-order chi connectivity index (χ0) is 16.2. The second-order valence-electron chi connectivity index (χ2n) is 5.49. The highest BCUT2D eigenvalue weighted by Gasteiger charge is 2.26. The van der Waals surface area contributed by atoms with Crippen molar-refractivity contribution in [1.29, 1.82) is 0 Å². The minimum Gasteiger partial charge on any atom is -0.398 e. The molecule has 0 atom stereocenters. The summed E-state index contributed by atoms with van der Waals surface area (Å²) in [5, 5.41) is 8.75. The normalized spacial score (nSPS) is 12.1. The first-order valence-corrected chi connectivity index (χ1v) is 8.61. The largest absolute Gasteiger partial charge is 0.398 e. The number of aryl methyl sites for hydroxylation is 2. The van der Waals surface area contributed by atoms with Crippen molar-refractivity contribution in [2.75, 3.05) is 25.9 Å². The van der Waals surface area contributed by atoms with Gasteiger partial charge in [-0.15, -0.1) is 0 Å². The van der Waals surface area contributed by atoms with Gasteiger partial charge in [-0.05, 0) is 56.7 Å². The van der Waals surface area contributed by atoms with E-state index in [2.05, 4.69) is 0 Å². The highest BCUT2D eigenvalue weighted by molar-refractivity contribution is 7.89. The van der Waals surface area contributed by atoms with Crippen molar-refractivity contribution in [2.45, 2.75) is 44.9 Å². The van der Waals surface area contributed by atoms with E-state index in [0.29, 0.717) is 29.1 Å². The lowest BCUT2D eigenvalue weighted by Crippen LogP contribution is -2.29. The van der Waals surface area contributed by atoms with E-state index in [1.807, 2.05) is 13.0 Å². The van der Waals surface area contributed by atoms with E-state index in [1.54, 1.807) is 20.9 Å². The number of anilines is 1. The van der Waals surface area contributed by atoms with Crippen molar-refractivity contribution in [2.24, 2.45) is 0 Å². The van der Waals surface area contributed by atoms with Crippen LogP contribution in [0, 0.1) is 20.8 Å². The van der Waals surface area contributed by atoms with Crippen molar-refractivity contribution in [3.63, 3.8) is 0 Å². The number of nitrogens with two attached hydrogens (primary N) is 1. The van der Waals surface area contributed by atoms with Gasteiger partial charge >= 0.3 is 0 Å². The van der Waals surface area contributed by atoms with Gasteiger partial charge in [-0.25, -0.2) is 12.7 Å². The zero-order valence-corrected chi connectivity index (χ0v) is 14.1. The van der Waals surface area contributed by atoms with Crippen molar-refractivity contribution in [3.8, 4) is 0 Å². The summed E-state index contributed by atoms with van der Waals surface area (Å²) in [6.45, 7) is 6.01. The Morgan fingerprint density at radius 1 is 1.14 bits per heavy atom. The fraction of sp³-hybridized carbons (Fsp3) is 0.600. The van der Waals surface area contributed by atoms with Gasteiger partial charge < -0.3 is 10.8 Å². The lowest BCUT2D eigenvalue weighted by atomic mass is 10.1. The Balaban J connectivity index is 3.06. The molecule has 0 saturated carbocycles. The number of rotatable bonds is 7. The molecule has 5 nitrogen and oxygen atoms in total. The quantitative estimate of drug-likeness (QED) is 0.595. The van der Waals surface area contributed by atoms with Crippen molar-refractivity contribution in [3.05, 3.63) is 22.8 Å². The average molecular weight is 314 g/mol. The SMILES string of the molecule is Cc1cc(C)c(S(=O)(=O)N(C)CCCCCO)c(C)c1N. The molecule has 0 unspecified atom stereocenters. The van der Waals surface area contributed by atoms with Crippen LogP contribution in [0.1, 0.15) is 36.0 Å². The van der Waals surface area contributed by atoms with Crippen LogP contribution < -0.4 is 5.73 Å². The molecule has 120 valence electrons. The lowest BCUT2D eigenvalue weighted by molar-refractivity contribution is 0.281. The van der Waals surface area contributed by atoms with Crippen LogP contribution in [0.4, 0.5) is 5.69 Å². The van der Waals surface area contributed by atoms with Crippen LogP contribution >= 0.6 is 0 Å². The fourth-order valence-electron chi connectivity index (χ4n) is 2.48. The van der Waals surface area contributed by atoms with Gasteiger partial charge in [0.25, 0.3) is 0 Å². The van der Waals surface area contributed by atoms with Gasteiger partial charge in [-0.2, -0.15) is 0 Å². The summed E-state index contributed by atoms with van der Waals surface area (Å²) in [6, 6.07) is 1.81. The third kappa shape index (κ3) is 3.96. The molecule has 0 bridgehead atoms. The maximum absolute atomic E-state index is 12.7. The van der Waals surface area contributed by atoms with Crippen LogP contribution in [0.5, 0.6) is 0 Å². The Labute approximate surface area is 127 Å². The van der Waals surface area contributed by atoms with Crippen LogP contribution in [-0.2, 0) is 10.0 Å². The second-order valence-corrected chi connectivity index (χ2v) is 7.47. The topological polar surface area (TPSA) is 83.6 Å². The number of unbranched alkanes of at least 4 members (excludes halogenated alkanes) is 2. The number of aliphatic hydroxyl groups is 1. The summed E-state index contributed by atoms with van der Waals surface area (Å²) in [6.07, 6.45) is 2.24. The van der Waals surface area contributed by atoms with Crippen molar-refractivity contribution in [1.82, 2.24) is 4.31 Å². The van der Waals surface area contributed by atoms with Crippen LogP contribution in [0.15, 0.2) is 11.0 Å². The number of hydrogen-bond acceptors (Lipinski definition) is 4. The monoisotopic (exact) mass is 314 g/mol. The fourth-order valence-corrected chi connectivity index (χ4v) is 4.12. The Bertz CT molecular complexity index is 597. The third-order valence-corrected chi connectivity index (χ3v) is 5.91. The summed E-state index contributed by atoms with van der Waals surface area (Å²) in [5.74, 6) is 0. The Morgan fingerprint density at radius 3 is 2.33 bits per heavy atom. The number of benzene rings is 1. The first kappa shape index (κ1) is 17.9. The minimum absolute atomic E-state index is 0.142. The molecule has 0 radical (unpaired) electrons. The van der Waals surface area contributed by atoms with E-state index >= 15 is 0 Å². The van der Waals surface area contributed by atoms with Gasteiger partial charge in [0.2, 0.25) is 10.0 Å². The molecule has 6 heteroatoms. The molecular weight excluding hydrogens is 288 g/mol. The van der Waals surface area contributed by atoms with Gasteiger partial charge in [-0.3, -0.25) is 0 Å². The molecule has 0 aliphatic heterocycles. The Hall–Kier alpha value is -1.11.